The molecule has 0 radical (unpaired) electrons. The van der Waals surface area contributed by atoms with E-state index in [0.717, 1.165) is 41.0 Å². The van der Waals surface area contributed by atoms with Crippen molar-refractivity contribution in [1.29, 1.82) is 0 Å². The molecule has 0 spiro atoms. The molecule has 0 N–H and O–H groups in total. The fourth-order valence-electron chi connectivity index (χ4n) is 3.95. The quantitative estimate of drug-likeness (QED) is 0.299. The average Bonchev–Trinajstić information content (AvgIpc) is 2.72. The number of halogens is 1. The van der Waals surface area contributed by atoms with E-state index in [4.69, 9.17) is 11.6 Å². The second kappa shape index (κ2) is 10.5. The minimum absolute atomic E-state index is 0.613. The van der Waals surface area contributed by atoms with Gasteiger partial charge in [-0.1, -0.05) is 69.3 Å². The molecule has 0 aromatic heterocycles. The molecule has 0 fully saturated rings. The van der Waals surface area contributed by atoms with Crippen LogP contribution in [0.1, 0.15) is 39.7 Å². The molecule has 0 saturated heterocycles. The van der Waals surface area contributed by atoms with Crippen LogP contribution in [-0.4, -0.2) is 13.1 Å². The molecule has 3 rings (SSSR count). The Bertz CT molecular complexity index is 1060. The van der Waals surface area contributed by atoms with Crippen LogP contribution in [0.3, 0.4) is 0 Å². The maximum Gasteiger partial charge on any atom is 0.0574 e. The lowest BCUT2D eigenvalue weighted by Crippen LogP contribution is -2.29. The predicted molar refractivity (Wildman–Crippen MR) is 141 cm³/mol. The monoisotopic (exact) mass is 452 g/mol. The maximum absolute atomic E-state index is 6.45. The maximum atomic E-state index is 6.45. The van der Waals surface area contributed by atoms with E-state index in [0.29, 0.717) is 5.92 Å². The number of fused-ring (bicyclic) bond motifs is 1. The van der Waals surface area contributed by atoms with Crippen LogP contribution < -0.4 is 9.21 Å². The van der Waals surface area contributed by atoms with Crippen LogP contribution >= 0.6 is 23.5 Å². The summed E-state index contributed by atoms with van der Waals surface area (Å²) in [4.78, 5) is 3.68. The van der Waals surface area contributed by atoms with Gasteiger partial charge in [-0.3, -0.25) is 4.31 Å². The summed E-state index contributed by atoms with van der Waals surface area (Å²) in [5.74, 6) is 0.613. The van der Waals surface area contributed by atoms with E-state index >= 15 is 0 Å². The highest BCUT2D eigenvalue weighted by molar-refractivity contribution is 8.01. The molecule has 31 heavy (non-hydrogen) atoms. The largest absolute Gasteiger partial charge is 0.371 e. The van der Waals surface area contributed by atoms with Crippen molar-refractivity contribution in [3.05, 3.63) is 77.5 Å². The van der Waals surface area contributed by atoms with E-state index in [1.165, 1.54) is 21.8 Å². The lowest BCUT2D eigenvalue weighted by atomic mass is 10.1. The van der Waals surface area contributed by atoms with Crippen LogP contribution in [0.15, 0.2) is 71.8 Å². The molecule has 0 aliphatic rings. The number of hydrogen-bond acceptors (Lipinski definition) is 3. The van der Waals surface area contributed by atoms with Gasteiger partial charge in [0, 0.05) is 39.8 Å². The highest BCUT2D eigenvalue weighted by Gasteiger charge is 2.18. The number of nitrogens with zero attached hydrogens (tertiary/aromatic N) is 2. The molecule has 0 unspecified atom stereocenters. The topological polar surface area (TPSA) is 6.48 Å². The summed E-state index contributed by atoms with van der Waals surface area (Å²) in [6.07, 6.45) is 1.13. The van der Waals surface area contributed by atoms with Crippen molar-refractivity contribution in [2.45, 2.75) is 45.9 Å². The number of allylic oxidation sites excluding steroid dienone is 1. The summed E-state index contributed by atoms with van der Waals surface area (Å²) in [5, 5.41) is 3.02. The normalized spacial score (nSPS) is 11.2. The van der Waals surface area contributed by atoms with Crippen LogP contribution in [-0.2, 0) is 0 Å². The van der Waals surface area contributed by atoms with Crippen LogP contribution in [0.2, 0.25) is 5.02 Å². The molecule has 0 aliphatic heterocycles. The lowest BCUT2D eigenvalue weighted by molar-refractivity contribution is 0.605. The van der Waals surface area contributed by atoms with Gasteiger partial charge in [-0.2, -0.15) is 0 Å². The Morgan fingerprint density at radius 2 is 1.65 bits per heavy atom. The van der Waals surface area contributed by atoms with Crippen LogP contribution in [0.5, 0.6) is 0 Å². The molecule has 2 nitrogen and oxygen atoms in total. The lowest BCUT2D eigenvalue weighted by Gasteiger charge is -2.31. The van der Waals surface area contributed by atoms with Crippen LogP contribution in [0.25, 0.3) is 10.8 Å². The van der Waals surface area contributed by atoms with Crippen molar-refractivity contribution in [2.75, 3.05) is 22.3 Å². The molecular weight excluding hydrogens is 420 g/mol. The van der Waals surface area contributed by atoms with Crippen molar-refractivity contribution in [1.82, 2.24) is 0 Å². The second-order valence-corrected chi connectivity index (χ2v) is 9.87. The van der Waals surface area contributed by atoms with E-state index in [-0.39, 0.29) is 0 Å². The summed E-state index contributed by atoms with van der Waals surface area (Å²) in [6, 6.07) is 19.0. The third-order valence-electron chi connectivity index (χ3n) is 5.28. The van der Waals surface area contributed by atoms with E-state index in [1.54, 1.807) is 11.9 Å². The van der Waals surface area contributed by atoms with Crippen molar-refractivity contribution in [3.8, 4) is 0 Å². The highest BCUT2D eigenvalue weighted by Crippen LogP contribution is 2.40. The highest BCUT2D eigenvalue weighted by atomic mass is 35.5. The predicted octanol–water partition coefficient (Wildman–Crippen LogP) is 8.72. The molecule has 3 aromatic carbocycles. The molecule has 0 aliphatic carbocycles. The van der Waals surface area contributed by atoms with Gasteiger partial charge in [-0.05, 0) is 73.3 Å². The summed E-state index contributed by atoms with van der Waals surface area (Å²) in [7, 11) is 0. The van der Waals surface area contributed by atoms with Gasteiger partial charge in [0.25, 0.3) is 0 Å². The van der Waals surface area contributed by atoms with Gasteiger partial charge in [-0.25, -0.2) is 0 Å². The van der Waals surface area contributed by atoms with Crippen molar-refractivity contribution in [2.24, 2.45) is 5.92 Å². The number of rotatable bonds is 9. The molecule has 0 amide bonds. The molecule has 0 atom stereocenters. The van der Waals surface area contributed by atoms with E-state index in [9.17, 15) is 0 Å². The summed E-state index contributed by atoms with van der Waals surface area (Å²) in [6.45, 7) is 17.5. The van der Waals surface area contributed by atoms with Gasteiger partial charge in [0.15, 0.2) is 0 Å². The second-order valence-electron chi connectivity index (χ2n) is 8.47. The van der Waals surface area contributed by atoms with Gasteiger partial charge in [0.05, 0.1) is 5.69 Å². The SMILES string of the molecule is C=C(C)N(Sc1cccc2c(Cl)cccc12)c1cccc(N(CCC)CC(C)C)c1C. The molecule has 0 heterocycles. The zero-order chi connectivity index (χ0) is 22.5. The number of hydrogen-bond donors (Lipinski definition) is 0. The molecular formula is C27H33ClN2S. The number of benzene rings is 3. The molecule has 3 aromatic rings. The Morgan fingerprint density at radius 3 is 2.32 bits per heavy atom. The average molecular weight is 453 g/mol. The number of anilines is 2. The Labute approximate surface area is 197 Å². The first-order chi connectivity index (χ1) is 14.8. The Hall–Kier alpha value is -2.10. The van der Waals surface area contributed by atoms with Gasteiger partial charge in [0.2, 0.25) is 0 Å². The van der Waals surface area contributed by atoms with Crippen molar-refractivity contribution in [3.63, 3.8) is 0 Å². The fraction of sp³-hybridized carbons (Fsp3) is 0.333. The van der Waals surface area contributed by atoms with E-state index in [2.05, 4.69) is 92.9 Å². The van der Waals surface area contributed by atoms with Crippen molar-refractivity contribution >= 4 is 45.7 Å². The third kappa shape index (κ3) is 5.39. The molecule has 4 heteroatoms. The third-order valence-corrected chi connectivity index (χ3v) is 6.85. The summed E-state index contributed by atoms with van der Waals surface area (Å²) >= 11 is 8.16. The minimum Gasteiger partial charge on any atom is -0.371 e. The Balaban J connectivity index is 2.03. The van der Waals surface area contributed by atoms with E-state index in [1.807, 2.05) is 12.1 Å². The van der Waals surface area contributed by atoms with Crippen molar-refractivity contribution < 1.29 is 0 Å². The van der Waals surface area contributed by atoms with Crippen LogP contribution in [0, 0.1) is 12.8 Å². The zero-order valence-corrected chi connectivity index (χ0v) is 20.9. The Morgan fingerprint density at radius 1 is 1.00 bits per heavy atom. The standard InChI is InChI=1S/C27H33ClN2S/c1-7-17-29(18-19(2)3)25-14-10-15-26(21(25)6)30(20(4)5)31-27-16-9-11-22-23(27)12-8-13-24(22)28/h8-16,19H,4,7,17-18H2,1-3,5-6H3. The molecule has 164 valence electrons. The Kier molecular flexibility index (Phi) is 7.96. The first-order valence-electron chi connectivity index (χ1n) is 11.0. The summed E-state index contributed by atoms with van der Waals surface area (Å²) in [5.41, 5.74) is 4.76. The first-order valence-corrected chi connectivity index (χ1v) is 12.1. The van der Waals surface area contributed by atoms with Gasteiger partial charge < -0.3 is 4.90 Å². The van der Waals surface area contributed by atoms with Gasteiger partial charge in [0.1, 0.15) is 0 Å². The van der Waals surface area contributed by atoms with Gasteiger partial charge >= 0.3 is 0 Å². The fourth-order valence-corrected chi connectivity index (χ4v) is 5.25. The molecule has 0 saturated carbocycles. The van der Waals surface area contributed by atoms with Crippen LogP contribution in [0.4, 0.5) is 11.4 Å². The van der Waals surface area contributed by atoms with E-state index < -0.39 is 0 Å². The summed E-state index contributed by atoms with van der Waals surface area (Å²) < 4.78 is 2.24. The zero-order valence-electron chi connectivity index (χ0n) is 19.3. The minimum atomic E-state index is 0.613. The smallest absolute Gasteiger partial charge is 0.0574 e. The first kappa shape index (κ1) is 23.6. The molecule has 0 bridgehead atoms. The van der Waals surface area contributed by atoms with Gasteiger partial charge in [-0.15, -0.1) is 0 Å².